The van der Waals surface area contributed by atoms with Crippen LogP contribution in [0.15, 0.2) is 24.3 Å². The quantitative estimate of drug-likeness (QED) is 0.799. The molecule has 1 aliphatic heterocycles. The summed E-state index contributed by atoms with van der Waals surface area (Å²) in [7, 11) is 0. The van der Waals surface area contributed by atoms with E-state index >= 15 is 0 Å². The minimum atomic E-state index is 0.220. The van der Waals surface area contributed by atoms with E-state index in [1.54, 1.807) is 5.56 Å². The second-order valence-corrected chi connectivity index (χ2v) is 7.36. The summed E-state index contributed by atoms with van der Waals surface area (Å²) in [4.78, 5) is 3.76. The maximum Gasteiger partial charge on any atom is 0.0589 e. The normalized spacial score (nSPS) is 29.2. The molecule has 112 valence electrons. The van der Waals surface area contributed by atoms with Gasteiger partial charge in [-0.25, -0.2) is 0 Å². The van der Waals surface area contributed by atoms with E-state index in [1.807, 2.05) is 0 Å². The minimum absolute atomic E-state index is 0.220. The van der Waals surface area contributed by atoms with Crippen molar-refractivity contribution in [3.8, 4) is 0 Å². The first-order valence-corrected chi connectivity index (χ1v) is 8.55. The van der Waals surface area contributed by atoms with Gasteiger partial charge in [0.25, 0.3) is 0 Å². The second-order valence-electron chi connectivity index (χ2n) is 7.36. The Morgan fingerprint density at radius 2 is 1.90 bits per heavy atom. The molecule has 2 aromatic rings. The Bertz CT molecular complexity index is 645. The fourth-order valence-electron chi connectivity index (χ4n) is 4.61. The summed E-state index contributed by atoms with van der Waals surface area (Å²) < 4.78 is 0. The molecule has 2 N–H and O–H groups in total. The average Bonchev–Trinajstić information content (AvgIpc) is 2.89. The number of aromatic nitrogens is 1. The van der Waals surface area contributed by atoms with Crippen LogP contribution in [0.2, 0.25) is 0 Å². The summed E-state index contributed by atoms with van der Waals surface area (Å²) in [5.41, 5.74) is 4.61. The average molecular weight is 282 g/mol. The zero-order valence-electron chi connectivity index (χ0n) is 13.2. The zero-order chi connectivity index (χ0) is 14.4. The number of benzene rings is 1. The Kier molecular flexibility index (Phi) is 3.11. The summed E-state index contributed by atoms with van der Waals surface area (Å²) in [6.45, 7) is 5.89. The van der Waals surface area contributed by atoms with Gasteiger partial charge < -0.3 is 10.3 Å². The van der Waals surface area contributed by atoms with Crippen LogP contribution in [-0.4, -0.2) is 11.5 Å². The molecule has 0 unspecified atom stereocenters. The number of H-pyrrole nitrogens is 1. The van der Waals surface area contributed by atoms with Crippen molar-refractivity contribution in [2.45, 2.75) is 51.5 Å². The zero-order valence-corrected chi connectivity index (χ0v) is 13.2. The summed E-state index contributed by atoms with van der Waals surface area (Å²) in [5.74, 6) is 1.74. The lowest BCUT2D eigenvalue weighted by Gasteiger charge is -2.44. The maximum absolute atomic E-state index is 3.88. The minimum Gasteiger partial charge on any atom is -0.357 e. The lowest BCUT2D eigenvalue weighted by Crippen LogP contribution is -2.49. The molecule has 21 heavy (non-hydrogen) atoms. The van der Waals surface area contributed by atoms with Crippen LogP contribution in [0.4, 0.5) is 0 Å². The molecule has 1 aromatic carbocycles. The molecule has 0 saturated heterocycles. The van der Waals surface area contributed by atoms with Crippen molar-refractivity contribution in [3.05, 3.63) is 35.5 Å². The van der Waals surface area contributed by atoms with E-state index < -0.39 is 0 Å². The molecule has 1 aromatic heterocycles. The molecule has 0 atom stereocenters. The number of hydrogen-bond donors (Lipinski definition) is 2. The number of fused-ring (bicyclic) bond motifs is 4. The number of rotatable bonds is 1. The smallest absolute Gasteiger partial charge is 0.0589 e. The summed E-state index contributed by atoms with van der Waals surface area (Å²) in [6.07, 6.45) is 6.46. The first-order valence-electron chi connectivity index (χ1n) is 8.55. The van der Waals surface area contributed by atoms with Crippen molar-refractivity contribution in [2.24, 2.45) is 11.8 Å². The largest absolute Gasteiger partial charge is 0.357 e. The lowest BCUT2D eigenvalue weighted by atomic mass is 9.69. The van der Waals surface area contributed by atoms with Crippen LogP contribution in [0.5, 0.6) is 0 Å². The highest BCUT2D eigenvalue weighted by molar-refractivity contribution is 5.85. The topological polar surface area (TPSA) is 27.8 Å². The highest BCUT2D eigenvalue weighted by Crippen LogP contribution is 2.45. The van der Waals surface area contributed by atoms with Crippen molar-refractivity contribution in [1.29, 1.82) is 0 Å². The molecule has 1 saturated carbocycles. The van der Waals surface area contributed by atoms with Gasteiger partial charge in [0.1, 0.15) is 0 Å². The fraction of sp³-hybridized carbons (Fsp3) is 0.579. The Balaban J connectivity index is 1.74. The third kappa shape index (κ3) is 2.03. The number of nitrogens with one attached hydrogen (secondary N) is 2. The van der Waals surface area contributed by atoms with E-state index in [9.17, 15) is 0 Å². The Hall–Kier alpha value is -1.28. The van der Waals surface area contributed by atoms with Gasteiger partial charge in [0.05, 0.1) is 5.54 Å². The number of para-hydroxylation sites is 1. The SMILES string of the molecule is CC(C)C1CCC2(CC1)NCCc1c2[nH]c2ccccc12. The maximum atomic E-state index is 3.88. The molecular weight excluding hydrogens is 256 g/mol. The van der Waals surface area contributed by atoms with Gasteiger partial charge in [-0.15, -0.1) is 0 Å². The van der Waals surface area contributed by atoms with Gasteiger partial charge in [0.15, 0.2) is 0 Å². The summed E-state index contributed by atoms with van der Waals surface area (Å²) in [6, 6.07) is 8.81. The Morgan fingerprint density at radius 3 is 2.67 bits per heavy atom. The lowest BCUT2D eigenvalue weighted by molar-refractivity contribution is 0.151. The molecule has 2 aliphatic rings. The van der Waals surface area contributed by atoms with E-state index in [2.05, 4.69) is 48.4 Å². The highest BCUT2D eigenvalue weighted by atomic mass is 15.0. The van der Waals surface area contributed by atoms with Crippen molar-refractivity contribution >= 4 is 10.9 Å². The van der Waals surface area contributed by atoms with Crippen LogP contribution in [-0.2, 0) is 12.0 Å². The first kappa shape index (κ1) is 13.4. The van der Waals surface area contributed by atoms with Gasteiger partial charge in [0, 0.05) is 23.1 Å². The van der Waals surface area contributed by atoms with E-state index in [1.165, 1.54) is 42.3 Å². The predicted molar refractivity (Wildman–Crippen MR) is 88.5 cm³/mol. The second kappa shape index (κ2) is 4.88. The van der Waals surface area contributed by atoms with Crippen molar-refractivity contribution < 1.29 is 0 Å². The van der Waals surface area contributed by atoms with Gasteiger partial charge in [0.2, 0.25) is 0 Å². The molecule has 2 nitrogen and oxygen atoms in total. The van der Waals surface area contributed by atoms with Gasteiger partial charge in [-0.3, -0.25) is 0 Å². The first-order chi connectivity index (χ1) is 10.2. The Labute approximate surface area is 127 Å². The van der Waals surface area contributed by atoms with Crippen molar-refractivity contribution in [1.82, 2.24) is 10.3 Å². The monoisotopic (exact) mass is 282 g/mol. The molecule has 1 spiro atoms. The predicted octanol–water partition coefficient (Wildman–Crippen LogP) is 4.36. The van der Waals surface area contributed by atoms with Gasteiger partial charge >= 0.3 is 0 Å². The van der Waals surface area contributed by atoms with E-state index in [0.29, 0.717) is 0 Å². The van der Waals surface area contributed by atoms with Gasteiger partial charge in [-0.05, 0) is 55.6 Å². The van der Waals surface area contributed by atoms with Crippen molar-refractivity contribution in [2.75, 3.05) is 6.54 Å². The third-order valence-corrected chi connectivity index (χ3v) is 5.96. The van der Waals surface area contributed by atoms with Crippen LogP contribution in [0.3, 0.4) is 0 Å². The summed E-state index contributed by atoms with van der Waals surface area (Å²) in [5, 5.41) is 5.32. The van der Waals surface area contributed by atoms with Crippen LogP contribution in [0, 0.1) is 11.8 Å². The molecule has 4 rings (SSSR count). The molecule has 2 heteroatoms. The standard InChI is InChI=1S/C19H26N2/c1-13(2)14-7-10-19(11-8-14)18-16(9-12-20-19)15-5-3-4-6-17(15)21-18/h3-6,13-14,20-21H,7-12H2,1-2H3. The van der Waals surface area contributed by atoms with Crippen LogP contribution < -0.4 is 5.32 Å². The highest BCUT2D eigenvalue weighted by Gasteiger charge is 2.41. The van der Waals surface area contributed by atoms with E-state index in [0.717, 1.165) is 24.8 Å². The van der Waals surface area contributed by atoms with Crippen LogP contribution in [0.25, 0.3) is 10.9 Å². The van der Waals surface area contributed by atoms with Crippen LogP contribution in [0.1, 0.15) is 50.8 Å². The van der Waals surface area contributed by atoms with Gasteiger partial charge in [-0.1, -0.05) is 32.0 Å². The molecule has 1 aliphatic carbocycles. The fourth-order valence-corrected chi connectivity index (χ4v) is 4.61. The third-order valence-electron chi connectivity index (χ3n) is 5.96. The molecule has 2 heterocycles. The van der Waals surface area contributed by atoms with E-state index in [4.69, 9.17) is 0 Å². The molecular formula is C19H26N2. The molecule has 0 radical (unpaired) electrons. The number of aromatic amines is 1. The summed E-state index contributed by atoms with van der Waals surface area (Å²) >= 11 is 0. The Morgan fingerprint density at radius 1 is 1.14 bits per heavy atom. The van der Waals surface area contributed by atoms with E-state index in [-0.39, 0.29) is 5.54 Å². The van der Waals surface area contributed by atoms with Gasteiger partial charge in [-0.2, -0.15) is 0 Å². The molecule has 0 bridgehead atoms. The molecule has 0 amide bonds. The number of hydrogen-bond acceptors (Lipinski definition) is 1. The van der Waals surface area contributed by atoms with Crippen LogP contribution >= 0.6 is 0 Å². The molecule has 1 fully saturated rings. The van der Waals surface area contributed by atoms with Crippen molar-refractivity contribution in [3.63, 3.8) is 0 Å².